The Morgan fingerprint density at radius 3 is 2.70 bits per heavy atom. The van der Waals surface area contributed by atoms with Crippen molar-refractivity contribution in [2.24, 2.45) is 5.73 Å². The third kappa shape index (κ3) is 3.99. The van der Waals surface area contributed by atoms with E-state index in [2.05, 4.69) is 0 Å². The molecule has 1 aromatic rings. The highest BCUT2D eigenvalue weighted by Gasteiger charge is 2.44. The maximum absolute atomic E-state index is 14.5. The second-order valence-corrected chi connectivity index (χ2v) is 6.56. The van der Waals surface area contributed by atoms with Gasteiger partial charge in [-0.15, -0.1) is 0 Å². The van der Waals surface area contributed by atoms with Crippen molar-refractivity contribution in [1.29, 1.82) is 0 Å². The zero-order valence-electron chi connectivity index (χ0n) is 14.3. The number of ether oxygens (including phenoxy) is 1. The number of ketones is 1. The van der Waals surface area contributed by atoms with Crippen molar-refractivity contribution in [3.63, 3.8) is 0 Å². The Labute approximate surface area is 152 Å². The molecule has 0 spiro atoms. The predicted octanol–water partition coefficient (Wildman–Crippen LogP) is 1.83. The van der Waals surface area contributed by atoms with Crippen molar-refractivity contribution >= 4 is 29.2 Å². The number of carbonyl (C=O) groups excluding carboxylic acids is 3. The van der Waals surface area contributed by atoms with Crippen molar-refractivity contribution in [2.75, 3.05) is 29.4 Å². The molecule has 27 heavy (non-hydrogen) atoms. The molecule has 1 atom stereocenters. The minimum Gasteiger partial charge on any atom is -0.444 e. The number of amides is 2. The van der Waals surface area contributed by atoms with E-state index in [1.807, 2.05) is 0 Å². The minimum atomic E-state index is -3.52. The lowest BCUT2D eigenvalue weighted by atomic mass is 10.0. The SMILES string of the molecule is NC(=O)CCC1CN(c2ccc(N3CCC(=O)C(F)(F)C3)c(F)c2)C(=O)O1. The molecule has 0 saturated carbocycles. The van der Waals surface area contributed by atoms with Gasteiger partial charge in [-0.05, 0) is 24.6 Å². The molecule has 10 heteroatoms. The van der Waals surface area contributed by atoms with Crippen LogP contribution in [-0.4, -0.2) is 49.4 Å². The van der Waals surface area contributed by atoms with Gasteiger partial charge in [0.25, 0.3) is 0 Å². The van der Waals surface area contributed by atoms with Gasteiger partial charge in [0.05, 0.1) is 24.5 Å². The minimum absolute atomic E-state index is 0.00830. The van der Waals surface area contributed by atoms with E-state index >= 15 is 0 Å². The van der Waals surface area contributed by atoms with E-state index in [0.29, 0.717) is 0 Å². The van der Waals surface area contributed by atoms with Crippen LogP contribution in [0.4, 0.5) is 29.3 Å². The summed E-state index contributed by atoms with van der Waals surface area (Å²) in [5.74, 6) is -5.98. The van der Waals surface area contributed by atoms with Crippen LogP contribution in [0.1, 0.15) is 19.3 Å². The van der Waals surface area contributed by atoms with E-state index in [-0.39, 0.29) is 43.7 Å². The Balaban J connectivity index is 1.72. The molecule has 146 valence electrons. The lowest BCUT2D eigenvalue weighted by Gasteiger charge is -2.33. The van der Waals surface area contributed by atoms with Gasteiger partial charge in [-0.3, -0.25) is 14.5 Å². The number of anilines is 2. The molecule has 1 aromatic carbocycles. The second-order valence-electron chi connectivity index (χ2n) is 6.56. The van der Waals surface area contributed by atoms with Crippen LogP contribution >= 0.6 is 0 Å². The first-order chi connectivity index (χ1) is 12.7. The molecule has 2 amide bonds. The van der Waals surface area contributed by atoms with Crippen molar-refractivity contribution in [1.82, 2.24) is 0 Å². The number of halogens is 3. The zero-order valence-corrected chi connectivity index (χ0v) is 14.3. The number of hydrogen-bond donors (Lipinski definition) is 1. The van der Waals surface area contributed by atoms with Gasteiger partial charge >= 0.3 is 12.0 Å². The fraction of sp³-hybridized carbons (Fsp3) is 0.471. The number of nitrogens with two attached hydrogens (primary N) is 1. The fourth-order valence-corrected chi connectivity index (χ4v) is 3.14. The highest BCUT2D eigenvalue weighted by molar-refractivity contribution is 5.90. The van der Waals surface area contributed by atoms with Crippen LogP contribution in [0.15, 0.2) is 18.2 Å². The maximum atomic E-state index is 14.5. The molecule has 2 N–H and O–H groups in total. The number of rotatable bonds is 5. The Morgan fingerprint density at radius 1 is 1.33 bits per heavy atom. The Bertz CT molecular complexity index is 787. The first kappa shape index (κ1) is 19.0. The predicted molar refractivity (Wildman–Crippen MR) is 89.2 cm³/mol. The van der Waals surface area contributed by atoms with Crippen LogP contribution < -0.4 is 15.5 Å². The van der Waals surface area contributed by atoms with Gasteiger partial charge in [0.1, 0.15) is 11.9 Å². The number of nitrogens with zero attached hydrogens (tertiary/aromatic N) is 2. The van der Waals surface area contributed by atoms with E-state index in [1.165, 1.54) is 17.0 Å². The molecule has 2 aliphatic rings. The lowest BCUT2D eigenvalue weighted by Crippen LogP contribution is -2.49. The summed E-state index contributed by atoms with van der Waals surface area (Å²) in [6.45, 7) is -0.768. The lowest BCUT2D eigenvalue weighted by molar-refractivity contribution is -0.143. The monoisotopic (exact) mass is 385 g/mol. The smallest absolute Gasteiger partial charge is 0.414 e. The van der Waals surface area contributed by atoms with Crippen molar-refractivity contribution in [2.45, 2.75) is 31.3 Å². The summed E-state index contributed by atoms with van der Waals surface area (Å²) in [4.78, 5) is 36.3. The summed E-state index contributed by atoms with van der Waals surface area (Å²) < 4.78 is 46.8. The van der Waals surface area contributed by atoms with Crippen LogP contribution in [0.2, 0.25) is 0 Å². The third-order valence-corrected chi connectivity index (χ3v) is 4.58. The number of piperidine rings is 1. The molecule has 7 nitrogen and oxygen atoms in total. The molecule has 3 rings (SSSR count). The molecule has 1 unspecified atom stereocenters. The van der Waals surface area contributed by atoms with E-state index in [1.54, 1.807) is 0 Å². The highest BCUT2D eigenvalue weighted by atomic mass is 19.3. The quantitative estimate of drug-likeness (QED) is 0.835. The van der Waals surface area contributed by atoms with Gasteiger partial charge in [-0.25, -0.2) is 9.18 Å². The molecule has 0 bridgehead atoms. The summed E-state index contributed by atoms with van der Waals surface area (Å²) in [6.07, 6.45) is -1.28. The molecule has 2 aliphatic heterocycles. The average molecular weight is 385 g/mol. The van der Waals surface area contributed by atoms with Crippen molar-refractivity contribution in [3.8, 4) is 0 Å². The largest absolute Gasteiger partial charge is 0.444 e. The van der Waals surface area contributed by atoms with Gasteiger partial charge in [-0.2, -0.15) is 8.78 Å². The topological polar surface area (TPSA) is 92.9 Å². The van der Waals surface area contributed by atoms with Gasteiger partial charge in [0, 0.05) is 19.4 Å². The van der Waals surface area contributed by atoms with E-state index in [0.717, 1.165) is 11.0 Å². The van der Waals surface area contributed by atoms with Crippen LogP contribution in [0.5, 0.6) is 0 Å². The summed E-state index contributed by atoms with van der Waals surface area (Å²) in [7, 11) is 0. The number of cyclic esters (lactones) is 1. The van der Waals surface area contributed by atoms with E-state index < -0.39 is 42.2 Å². The number of benzene rings is 1. The zero-order chi connectivity index (χ0) is 19.8. The molecule has 2 saturated heterocycles. The van der Waals surface area contributed by atoms with Gasteiger partial charge in [0.15, 0.2) is 0 Å². The molecule has 2 heterocycles. The number of alkyl halides is 2. The fourth-order valence-electron chi connectivity index (χ4n) is 3.14. The number of hydrogen-bond acceptors (Lipinski definition) is 5. The first-order valence-electron chi connectivity index (χ1n) is 8.39. The van der Waals surface area contributed by atoms with Crippen LogP contribution in [-0.2, 0) is 14.3 Å². The standard InChI is InChI=1S/C17H18F3N3O4/c18-12-7-10(23-8-11(27-16(23)26)2-4-15(21)25)1-3-13(12)22-6-5-14(24)17(19,20)9-22/h1,3,7,11H,2,4-6,8-9H2,(H2,21,25). The number of primary amides is 1. The molecule has 0 radical (unpaired) electrons. The van der Waals surface area contributed by atoms with E-state index in [9.17, 15) is 27.6 Å². The summed E-state index contributed by atoms with van der Waals surface area (Å²) in [5.41, 5.74) is 5.21. The summed E-state index contributed by atoms with van der Waals surface area (Å²) in [5, 5.41) is 0. The van der Waals surface area contributed by atoms with Crippen LogP contribution in [0, 0.1) is 5.82 Å². The van der Waals surface area contributed by atoms with Crippen molar-refractivity contribution in [3.05, 3.63) is 24.0 Å². The highest BCUT2D eigenvalue weighted by Crippen LogP contribution is 2.32. The van der Waals surface area contributed by atoms with Gasteiger partial charge in [-0.1, -0.05) is 0 Å². The van der Waals surface area contributed by atoms with Gasteiger partial charge in [0.2, 0.25) is 11.7 Å². The molecular formula is C17H18F3N3O4. The summed E-state index contributed by atoms with van der Waals surface area (Å²) >= 11 is 0. The van der Waals surface area contributed by atoms with E-state index in [4.69, 9.17) is 10.5 Å². The normalized spacial score (nSPS) is 22.1. The van der Waals surface area contributed by atoms with Crippen LogP contribution in [0.3, 0.4) is 0 Å². The maximum Gasteiger partial charge on any atom is 0.414 e. The molecule has 0 aromatic heterocycles. The first-order valence-corrected chi connectivity index (χ1v) is 8.39. The average Bonchev–Trinajstić information content (AvgIpc) is 2.96. The molecular weight excluding hydrogens is 367 g/mol. The Morgan fingerprint density at radius 2 is 2.07 bits per heavy atom. The third-order valence-electron chi connectivity index (χ3n) is 4.58. The Kier molecular flexibility index (Phi) is 4.99. The molecule has 0 aliphatic carbocycles. The van der Waals surface area contributed by atoms with Gasteiger partial charge < -0.3 is 15.4 Å². The second kappa shape index (κ2) is 7.09. The number of Topliss-reactive ketones (excluding diaryl/α,β-unsaturated/α-hetero) is 1. The Hall–Kier alpha value is -2.78. The van der Waals surface area contributed by atoms with Crippen LogP contribution in [0.25, 0.3) is 0 Å². The van der Waals surface area contributed by atoms with Crippen molar-refractivity contribution < 1.29 is 32.3 Å². The molecule has 2 fully saturated rings. The summed E-state index contributed by atoms with van der Waals surface area (Å²) in [6, 6.07) is 3.77. The number of carbonyl (C=O) groups is 3.